The number of ether oxygens (including phenoxy) is 2. The molecule has 0 spiro atoms. The zero-order valence-electron chi connectivity index (χ0n) is 27.1. The summed E-state index contributed by atoms with van der Waals surface area (Å²) in [6.45, 7) is 9.99. The van der Waals surface area contributed by atoms with E-state index in [4.69, 9.17) is 32.7 Å². The molecule has 13 nitrogen and oxygen atoms in total. The molecule has 1 aliphatic rings. The molecule has 1 saturated heterocycles. The van der Waals surface area contributed by atoms with Gasteiger partial charge in [0.05, 0.1) is 22.6 Å². The molecule has 5 rings (SSSR count). The fraction of sp³-hybridized carbons (Fsp3) is 0.344. The van der Waals surface area contributed by atoms with Gasteiger partial charge in [0.25, 0.3) is 10.0 Å². The second-order valence-electron chi connectivity index (χ2n) is 12.9. The number of sulfonamides is 1. The molecule has 0 aliphatic carbocycles. The monoisotopic (exact) mass is 716 g/mol. The molecule has 3 amide bonds. The number of esters is 1. The summed E-state index contributed by atoms with van der Waals surface area (Å²) in [6, 6.07) is 13.3. The summed E-state index contributed by atoms with van der Waals surface area (Å²) in [7, 11) is -4.33. The predicted octanol–water partition coefficient (Wildman–Crippen LogP) is 6.44. The Labute approximate surface area is 288 Å². The molecule has 1 fully saturated rings. The van der Waals surface area contributed by atoms with Gasteiger partial charge in [0.1, 0.15) is 17.7 Å². The minimum Gasteiger partial charge on any atom is -0.459 e. The molecule has 0 N–H and O–H groups in total. The van der Waals surface area contributed by atoms with E-state index in [0.29, 0.717) is 16.7 Å². The maximum atomic E-state index is 13.9. The Bertz CT molecular complexity index is 1980. The molecule has 0 bridgehead atoms. The number of aromatic nitrogens is 3. The lowest BCUT2D eigenvalue weighted by atomic mass is 10.2. The van der Waals surface area contributed by atoms with Crippen LogP contribution in [0.4, 0.5) is 21.1 Å². The number of hydrogen-bond acceptors (Lipinski definition) is 9. The van der Waals surface area contributed by atoms with E-state index in [9.17, 15) is 22.8 Å². The molecule has 48 heavy (non-hydrogen) atoms. The van der Waals surface area contributed by atoms with Crippen molar-refractivity contribution in [1.29, 1.82) is 0 Å². The van der Waals surface area contributed by atoms with Crippen LogP contribution in [0, 0.1) is 0 Å². The van der Waals surface area contributed by atoms with Crippen molar-refractivity contribution in [2.75, 3.05) is 28.8 Å². The van der Waals surface area contributed by atoms with Crippen molar-refractivity contribution in [3.05, 3.63) is 70.8 Å². The van der Waals surface area contributed by atoms with E-state index in [0.717, 1.165) is 9.21 Å². The summed E-state index contributed by atoms with van der Waals surface area (Å²) in [5, 5.41) is 9.39. The lowest BCUT2D eigenvalue weighted by Gasteiger charge is -2.26. The van der Waals surface area contributed by atoms with Crippen LogP contribution in [-0.2, 0) is 24.3 Å². The molecule has 0 radical (unpaired) electrons. The summed E-state index contributed by atoms with van der Waals surface area (Å²) in [6.07, 6.45) is 0.999. The smallest absolute Gasteiger partial charge is 0.418 e. The van der Waals surface area contributed by atoms with Gasteiger partial charge in [-0.1, -0.05) is 23.2 Å². The minimum atomic E-state index is -4.33. The largest absolute Gasteiger partial charge is 0.459 e. The second-order valence-corrected chi connectivity index (χ2v) is 15.7. The van der Waals surface area contributed by atoms with Crippen LogP contribution in [-0.4, -0.2) is 77.0 Å². The number of nitrogens with zero attached hydrogens (tertiary/aromatic N) is 6. The Morgan fingerprint density at radius 2 is 1.48 bits per heavy atom. The zero-order valence-corrected chi connectivity index (χ0v) is 29.4. The number of imide groups is 1. The number of carbonyl (C=O) groups is 3. The van der Waals surface area contributed by atoms with Crippen molar-refractivity contribution in [2.45, 2.75) is 57.6 Å². The van der Waals surface area contributed by atoms with Crippen LogP contribution in [0.3, 0.4) is 0 Å². The zero-order chi connectivity index (χ0) is 35.2. The van der Waals surface area contributed by atoms with Crippen LogP contribution in [0.25, 0.3) is 16.7 Å². The number of amides is 3. The van der Waals surface area contributed by atoms with Crippen LogP contribution in [0.1, 0.15) is 41.5 Å². The third-order valence-corrected chi connectivity index (χ3v) is 9.05. The molecule has 2 aromatic heterocycles. The summed E-state index contributed by atoms with van der Waals surface area (Å²) < 4.78 is 41.3. The van der Waals surface area contributed by atoms with Gasteiger partial charge in [0.15, 0.2) is 11.6 Å². The van der Waals surface area contributed by atoms with E-state index in [-0.39, 0.29) is 39.5 Å². The molecule has 2 aromatic carbocycles. The topological polar surface area (TPSA) is 144 Å². The predicted molar refractivity (Wildman–Crippen MR) is 181 cm³/mol. The average Bonchev–Trinajstić information content (AvgIpc) is 3.57. The van der Waals surface area contributed by atoms with Gasteiger partial charge in [-0.2, -0.15) is 0 Å². The SMILES string of the molecule is CC(C)(C)OC(=O)CN(c1ccc2c(ccn2-c2ccc(N3CCN(C(=O)OC(C)(C)C)C3=O)nn2)c1)S(=O)(=O)c1cc(Cl)cc(Cl)c1. The first-order chi connectivity index (χ1) is 22.3. The number of benzene rings is 2. The Morgan fingerprint density at radius 3 is 2.08 bits per heavy atom. The van der Waals surface area contributed by atoms with Crippen LogP contribution >= 0.6 is 23.2 Å². The highest BCUT2D eigenvalue weighted by molar-refractivity contribution is 7.92. The van der Waals surface area contributed by atoms with Crippen molar-refractivity contribution >= 4 is 73.7 Å². The standard InChI is InChI=1S/C32H34Cl2N6O7S/c1-31(2,3)46-28(41)19-40(48(44,45)24-17-21(33)16-22(34)18-24)23-7-8-25-20(15-23)11-12-37(25)26-9-10-27(36-35-26)38-13-14-39(29(38)42)30(43)47-32(4,5)6/h7-12,15-18H,13-14,19H2,1-6H3. The summed E-state index contributed by atoms with van der Waals surface area (Å²) in [4.78, 5) is 40.5. The Hall–Kier alpha value is -4.40. The number of hydrogen-bond donors (Lipinski definition) is 0. The van der Waals surface area contributed by atoms with Gasteiger partial charge < -0.3 is 9.47 Å². The van der Waals surface area contributed by atoms with E-state index in [1.54, 1.807) is 88.7 Å². The number of rotatable bonds is 7. The summed E-state index contributed by atoms with van der Waals surface area (Å²) in [5.74, 6) is -0.0699. The van der Waals surface area contributed by atoms with Gasteiger partial charge in [-0.15, -0.1) is 10.2 Å². The van der Waals surface area contributed by atoms with Gasteiger partial charge in [-0.3, -0.25) is 18.6 Å². The maximum absolute atomic E-state index is 13.9. The van der Waals surface area contributed by atoms with Crippen molar-refractivity contribution in [3.63, 3.8) is 0 Å². The Balaban J connectivity index is 1.43. The van der Waals surface area contributed by atoms with E-state index in [2.05, 4.69) is 10.2 Å². The average molecular weight is 718 g/mol. The van der Waals surface area contributed by atoms with Gasteiger partial charge in [-0.05, 0) is 96.1 Å². The van der Waals surface area contributed by atoms with Crippen molar-refractivity contribution in [1.82, 2.24) is 19.7 Å². The molecular formula is C32H34Cl2N6O7S. The second kappa shape index (κ2) is 12.9. The highest BCUT2D eigenvalue weighted by atomic mass is 35.5. The van der Waals surface area contributed by atoms with Gasteiger partial charge >= 0.3 is 18.1 Å². The number of fused-ring (bicyclic) bond motifs is 1. The first-order valence-corrected chi connectivity index (χ1v) is 17.0. The van der Waals surface area contributed by atoms with Crippen LogP contribution in [0.15, 0.2) is 65.7 Å². The van der Waals surface area contributed by atoms with Gasteiger partial charge in [0, 0.05) is 28.2 Å². The molecule has 4 aromatic rings. The fourth-order valence-electron chi connectivity index (χ4n) is 4.92. The Kier molecular flexibility index (Phi) is 9.38. The third kappa shape index (κ3) is 7.66. The summed E-state index contributed by atoms with van der Waals surface area (Å²) in [5.41, 5.74) is -0.731. The van der Waals surface area contributed by atoms with Crippen LogP contribution in [0.5, 0.6) is 0 Å². The molecule has 0 saturated carbocycles. The van der Waals surface area contributed by atoms with Gasteiger partial charge in [-0.25, -0.2) is 22.9 Å². The normalized spacial score (nSPS) is 14.0. The van der Waals surface area contributed by atoms with Crippen molar-refractivity contribution in [3.8, 4) is 5.82 Å². The molecular weight excluding hydrogens is 683 g/mol. The molecule has 1 aliphatic heterocycles. The number of anilines is 2. The first-order valence-electron chi connectivity index (χ1n) is 14.8. The van der Waals surface area contributed by atoms with E-state index >= 15 is 0 Å². The van der Waals surface area contributed by atoms with Crippen molar-refractivity contribution in [2.24, 2.45) is 0 Å². The van der Waals surface area contributed by atoms with E-state index in [1.165, 1.54) is 23.1 Å². The highest BCUT2D eigenvalue weighted by Gasteiger charge is 2.37. The minimum absolute atomic E-state index is 0.118. The quantitative estimate of drug-likeness (QED) is 0.197. The molecule has 3 heterocycles. The third-order valence-electron chi connectivity index (χ3n) is 6.86. The fourth-order valence-corrected chi connectivity index (χ4v) is 7.05. The van der Waals surface area contributed by atoms with Gasteiger partial charge in [0.2, 0.25) is 0 Å². The van der Waals surface area contributed by atoms with E-state index in [1.807, 2.05) is 0 Å². The summed E-state index contributed by atoms with van der Waals surface area (Å²) >= 11 is 12.2. The molecule has 0 unspecified atom stereocenters. The number of halogens is 2. The van der Waals surface area contributed by atoms with Crippen LogP contribution < -0.4 is 9.21 Å². The Morgan fingerprint density at radius 1 is 0.854 bits per heavy atom. The van der Waals surface area contributed by atoms with Crippen molar-refractivity contribution < 1.29 is 32.3 Å². The molecule has 254 valence electrons. The van der Waals surface area contributed by atoms with E-state index < -0.39 is 45.9 Å². The lowest BCUT2D eigenvalue weighted by molar-refractivity contribution is -0.152. The number of urea groups is 1. The molecule has 16 heteroatoms. The van der Waals surface area contributed by atoms with Crippen LogP contribution in [0.2, 0.25) is 10.0 Å². The highest BCUT2D eigenvalue weighted by Crippen LogP contribution is 2.32. The number of carbonyl (C=O) groups excluding carboxylic acids is 3. The first kappa shape index (κ1) is 34.9. The maximum Gasteiger partial charge on any atom is 0.418 e. The lowest BCUT2D eigenvalue weighted by Crippen LogP contribution is -2.40. The molecule has 0 atom stereocenters.